The number of hydrogen-bond donors (Lipinski definition) is 0. The van der Waals surface area contributed by atoms with Gasteiger partial charge < -0.3 is 0 Å². The highest BCUT2D eigenvalue weighted by molar-refractivity contribution is 5.40. The minimum Gasteiger partial charge on any atom is -0.198 e. The van der Waals surface area contributed by atoms with Crippen molar-refractivity contribution in [2.45, 2.75) is 44.9 Å². The molecule has 15 heavy (non-hydrogen) atoms. The molecule has 0 aromatic heterocycles. The normalized spacial score (nSPS) is 19.7. The zero-order valence-corrected chi connectivity index (χ0v) is 9.46. The molecule has 1 atom stereocenters. The van der Waals surface area contributed by atoms with E-state index in [0.29, 0.717) is 5.92 Å². The van der Waals surface area contributed by atoms with Crippen molar-refractivity contribution in [2.75, 3.05) is 0 Å². The monoisotopic (exact) mass is 199 g/mol. The molecule has 1 aromatic carbocycles. The highest BCUT2D eigenvalue weighted by atomic mass is 14.3. The third-order valence-electron chi connectivity index (χ3n) is 3.31. The summed E-state index contributed by atoms with van der Waals surface area (Å²) in [5, 5.41) is 9.12. The zero-order valence-electron chi connectivity index (χ0n) is 9.46. The quantitative estimate of drug-likeness (QED) is 0.675. The Bertz CT molecular complexity index is 398. The lowest BCUT2D eigenvalue weighted by Gasteiger charge is -2.21. The van der Waals surface area contributed by atoms with Crippen molar-refractivity contribution in [3.05, 3.63) is 34.9 Å². The van der Waals surface area contributed by atoms with Crippen molar-refractivity contribution in [1.29, 1.82) is 5.26 Å². The standard InChI is InChI=1S/C14H17N/c1-10(2)12-7-6-11-4-3-5-13(9-15)14(11)8-12/h6-8,10,13H,3-5H2,1-2H3. The lowest BCUT2D eigenvalue weighted by atomic mass is 9.82. The molecule has 0 spiro atoms. The topological polar surface area (TPSA) is 23.8 Å². The van der Waals surface area contributed by atoms with Gasteiger partial charge in [-0.2, -0.15) is 5.26 Å². The number of nitriles is 1. The molecule has 1 aromatic rings. The third kappa shape index (κ3) is 1.90. The van der Waals surface area contributed by atoms with Crippen LogP contribution in [0.15, 0.2) is 18.2 Å². The van der Waals surface area contributed by atoms with E-state index in [-0.39, 0.29) is 5.92 Å². The number of benzene rings is 1. The van der Waals surface area contributed by atoms with Crippen LogP contribution in [0, 0.1) is 11.3 Å². The molecule has 1 nitrogen and oxygen atoms in total. The molecule has 0 amide bonds. The second-order valence-electron chi connectivity index (χ2n) is 4.69. The van der Waals surface area contributed by atoms with Crippen LogP contribution in [-0.4, -0.2) is 0 Å². The van der Waals surface area contributed by atoms with Gasteiger partial charge in [-0.1, -0.05) is 32.0 Å². The number of hydrogen-bond acceptors (Lipinski definition) is 1. The Hall–Kier alpha value is -1.29. The third-order valence-corrected chi connectivity index (χ3v) is 3.31. The van der Waals surface area contributed by atoms with Crippen LogP contribution in [0.25, 0.3) is 0 Å². The van der Waals surface area contributed by atoms with Crippen LogP contribution in [0.4, 0.5) is 0 Å². The highest BCUT2D eigenvalue weighted by Gasteiger charge is 2.20. The molecule has 78 valence electrons. The first-order valence-electron chi connectivity index (χ1n) is 5.74. The first-order valence-corrected chi connectivity index (χ1v) is 5.74. The van der Waals surface area contributed by atoms with E-state index in [9.17, 15) is 0 Å². The Balaban J connectivity index is 2.44. The molecule has 1 unspecified atom stereocenters. The van der Waals surface area contributed by atoms with Crippen molar-refractivity contribution in [2.24, 2.45) is 0 Å². The maximum Gasteiger partial charge on any atom is 0.0715 e. The van der Waals surface area contributed by atoms with Gasteiger partial charge in [0.25, 0.3) is 0 Å². The summed E-state index contributed by atoms with van der Waals surface area (Å²) in [5.41, 5.74) is 4.03. The number of rotatable bonds is 1. The van der Waals surface area contributed by atoms with Crippen molar-refractivity contribution >= 4 is 0 Å². The molecule has 1 aliphatic carbocycles. The average molecular weight is 199 g/mol. The number of nitrogens with zero attached hydrogens (tertiary/aromatic N) is 1. The molecule has 1 heteroatoms. The Morgan fingerprint density at radius 1 is 1.40 bits per heavy atom. The first-order chi connectivity index (χ1) is 7.22. The summed E-state index contributed by atoms with van der Waals surface area (Å²) in [6, 6.07) is 9.10. The van der Waals surface area contributed by atoms with E-state index in [1.165, 1.54) is 16.7 Å². The minimum atomic E-state index is 0.132. The zero-order chi connectivity index (χ0) is 10.8. The van der Waals surface area contributed by atoms with Crippen LogP contribution in [-0.2, 0) is 6.42 Å². The summed E-state index contributed by atoms with van der Waals surface area (Å²) in [7, 11) is 0. The lowest BCUT2D eigenvalue weighted by molar-refractivity contribution is 0.634. The summed E-state index contributed by atoms with van der Waals surface area (Å²) < 4.78 is 0. The van der Waals surface area contributed by atoms with E-state index in [4.69, 9.17) is 5.26 Å². The number of fused-ring (bicyclic) bond motifs is 1. The maximum absolute atomic E-state index is 9.12. The van der Waals surface area contributed by atoms with E-state index >= 15 is 0 Å². The fourth-order valence-corrected chi connectivity index (χ4v) is 2.31. The van der Waals surface area contributed by atoms with Gasteiger partial charge in [0, 0.05) is 0 Å². The smallest absolute Gasteiger partial charge is 0.0715 e. The van der Waals surface area contributed by atoms with Crippen molar-refractivity contribution in [1.82, 2.24) is 0 Å². The predicted molar refractivity (Wildman–Crippen MR) is 61.8 cm³/mol. The maximum atomic E-state index is 9.12. The van der Waals surface area contributed by atoms with E-state index in [2.05, 4.69) is 38.1 Å². The SMILES string of the molecule is CC(C)c1ccc2c(c1)C(C#N)CCC2. The second kappa shape index (κ2) is 4.06. The molecule has 0 aliphatic heterocycles. The predicted octanol–water partition coefficient (Wildman–Crippen LogP) is 3.75. The summed E-state index contributed by atoms with van der Waals surface area (Å²) in [6.45, 7) is 4.40. The van der Waals surface area contributed by atoms with Gasteiger partial charge in [-0.3, -0.25) is 0 Å². The second-order valence-corrected chi connectivity index (χ2v) is 4.69. The fraction of sp³-hybridized carbons (Fsp3) is 0.500. The average Bonchev–Trinajstić information content (AvgIpc) is 2.27. The summed E-state index contributed by atoms with van der Waals surface area (Å²) in [6.07, 6.45) is 3.34. The van der Waals surface area contributed by atoms with Gasteiger partial charge >= 0.3 is 0 Å². The Labute approximate surface area is 91.7 Å². The van der Waals surface area contributed by atoms with Gasteiger partial charge in [0.1, 0.15) is 0 Å². The van der Waals surface area contributed by atoms with Gasteiger partial charge in [0.05, 0.1) is 12.0 Å². The van der Waals surface area contributed by atoms with E-state index in [1.54, 1.807) is 0 Å². The Morgan fingerprint density at radius 3 is 2.87 bits per heavy atom. The molecule has 1 aliphatic rings. The van der Waals surface area contributed by atoms with Crippen LogP contribution < -0.4 is 0 Å². The van der Waals surface area contributed by atoms with Crippen molar-refractivity contribution in [3.63, 3.8) is 0 Å². The molecule has 0 bridgehead atoms. The molecular weight excluding hydrogens is 182 g/mol. The first kappa shape index (κ1) is 10.2. The van der Waals surface area contributed by atoms with E-state index in [0.717, 1.165) is 19.3 Å². The van der Waals surface area contributed by atoms with Gasteiger partial charge in [0.15, 0.2) is 0 Å². The number of aryl methyl sites for hydroxylation is 1. The molecular formula is C14H17N. The van der Waals surface area contributed by atoms with Crippen LogP contribution in [0.1, 0.15) is 55.2 Å². The van der Waals surface area contributed by atoms with Gasteiger partial charge in [0.2, 0.25) is 0 Å². The fourth-order valence-electron chi connectivity index (χ4n) is 2.31. The summed E-state index contributed by atoms with van der Waals surface area (Å²) >= 11 is 0. The lowest BCUT2D eigenvalue weighted by Crippen LogP contribution is -2.09. The molecule has 0 saturated carbocycles. The van der Waals surface area contributed by atoms with E-state index < -0.39 is 0 Å². The largest absolute Gasteiger partial charge is 0.198 e. The van der Waals surface area contributed by atoms with Crippen LogP contribution in [0.5, 0.6) is 0 Å². The molecule has 0 heterocycles. The molecule has 0 radical (unpaired) electrons. The Kier molecular flexibility index (Phi) is 2.77. The van der Waals surface area contributed by atoms with E-state index in [1.807, 2.05) is 0 Å². The van der Waals surface area contributed by atoms with Crippen molar-refractivity contribution < 1.29 is 0 Å². The van der Waals surface area contributed by atoms with Crippen molar-refractivity contribution in [3.8, 4) is 6.07 Å². The van der Waals surface area contributed by atoms with Crippen LogP contribution in [0.2, 0.25) is 0 Å². The van der Waals surface area contributed by atoms with Gasteiger partial charge in [-0.15, -0.1) is 0 Å². The van der Waals surface area contributed by atoms with Crippen LogP contribution in [0.3, 0.4) is 0 Å². The minimum absolute atomic E-state index is 0.132. The van der Waals surface area contributed by atoms with Gasteiger partial charge in [-0.25, -0.2) is 0 Å². The molecule has 0 saturated heterocycles. The molecule has 2 rings (SSSR count). The highest BCUT2D eigenvalue weighted by Crippen LogP contribution is 2.33. The Morgan fingerprint density at radius 2 is 2.20 bits per heavy atom. The summed E-state index contributed by atoms with van der Waals surface area (Å²) in [4.78, 5) is 0. The molecule has 0 N–H and O–H groups in total. The molecule has 0 fully saturated rings. The van der Waals surface area contributed by atoms with Gasteiger partial charge in [-0.05, 0) is 41.9 Å². The summed E-state index contributed by atoms with van der Waals surface area (Å²) in [5.74, 6) is 0.684. The van der Waals surface area contributed by atoms with Crippen LogP contribution >= 0.6 is 0 Å².